The van der Waals surface area contributed by atoms with Crippen LogP contribution >= 0.6 is 11.3 Å². The molecule has 3 heterocycles. The molecule has 146 valence electrons. The number of anilines is 3. The number of benzene rings is 1. The molecule has 0 atom stereocenters. The number of rotatable bonds is 6. The number of pyridine rings is 1. The summed E-state index contributed by atoms with van der Waals surface area (Å²) in [5.74, 6) is 0.899. The molecule has 0 bridgehead atoms. The van der Waals surface area contributed by atoms with Crippen molar-refractivity contribution >= 4 is 33.8 Å². The molecule has 1 amide bonds. The molecule has 0 aliphatic rings. The number of nitrogens with one attached hydrogen (secondary N) is 2. The Balaban J connectivity index is 1.52. The van der Waals surface area contributed by atoms with Gasteiger partial charge in [-0.2, -0.15) is 0 Å². The molecule has 1 aromatic carbocycles. The van der Waals surface area contributed by atoms with Crippen LogP contribution < -0.4 is 10.6 Å². The van der Waals surface area contributed by atoms with E-state index in [2.05, 4.69) is 39.7 Å². The van der Waals surface area contributed by atoms with Crippen LogP contribution in [0.25, 0.3) is 11.5 Å². The minimum Gasteiger partial charge on any atom is -0.347 e. The third kappa shape index (κ3) is 4.33. The number of hydrogen-bond donors (Lipinski definition) is 2. The second-order valence-electron chi connectivity index (χ2n) is 6.70. The molecule has 4 rings (SSSR count). The van der Waals surface area contributed by atoms with Gasteiger partial charge in [-0.15, -0.1) is 21.5 Å². The number of nitrogens with zero attached hydrogens (tertiary/aromatic N) is 4. The van der Waals surface area contributed by atoms with Crippen molar-refractivity contribution in [3.63, 3.8) is 0 Å². The zero-order valence-corrected chi connectivity index (χ0v) is 16.9. The van der Waals surface area contributed by atoms with Crippen molar-refractivity contribution < 1.29 is 4.79 Å². The van der Waals surface area contributed by atoms with Gasteiger partial charge >= 0.3 is 0 Å². The van der Waals surface area contributed by atoms with Crippen molar-refractivity contribution in [1.29, 1.82) is 0 Å². The standard InChI is InChI=1S/C21H20N6OS/c1-14(2)27-13-22-26-20(27)17-8-4-9-18(24-17)25-21(28)15-6-3-7-16(12-15)23-19-10-5-11-29-19/h3-14,23H,1-2H3,(H,24,25,28). The Hall–Kier alpha value is -3.52. The Morgan fingerprint density at radius 3 is 2.76 bits per heavy atom. The van der Waals surface area contributed by atoms with Gasteiger partial charge in [0.1, 0.15) is 17.8 Å². The Morgan fingerprint density at radius 2 is 1.97 bits per heavy atom. The molecule has 0 saturated heterocycles. The van der Waals surface area contributed by atoms with Gasteiger partial charge in [0.15, 0.2) is 5.82 Å². The Labute approximate surface area is 172 Å². The number of carbonyl (C=O) groups excluding carboxylic acids is 1. The second-order valence-corrected chi connectivity index (χ2v) is 7.65. The average Bonchev–Trinajstić information content (AvgIpc) is 3.40. The number of aromatic nitrogens is 4. The Bertz CT molecular complexity index is 1120. The van der Waals surface area contributed by atoms with Crippen molar-refractivity contribution in [2.24, 2.45) is 0 Å². The lowest BCUT2D eigenvalue weighted by molar-refractivity contribution is 0.102. The quantitative estimate of drug-likeness (QED) is 0.473. The fraction of sp³-hybridized carbons (Fsp3) is 0.143. The van der Waals surface area contributed by atoms with E-state index >= 15 is 0 Å². The molecule has 29 heavy (non-hydrogen) atoms. The number of amides is 1. The molecule has 2 N–H and O–H groups in total. The van der Waals surface area contributed by atoms with Crippen LogP contribution in [0.4, 0.5) is 16.5 Å². The normalized spacial score (nSPS) is 10.9. The lowest BCUT2D eigenvalue weighted by Crippen LogP contribution is -2.13. The predicted octanol–water partition coefficient (Wildman–Crippen LogP) is 4.98. The zero-order valence-electron chi connectivity index (χ0n) is 16.0. The van der Waals surface area contributed by atoms with Crippen LogP contribution in [0.1, 0.15) is 30.2 Å². The lowest BCUT2D eigenvalue weighted by atomic mass is 10.2. The highest BCUT2D eigenvalue weighted by Crippen LogP contribution is 2.23. The van der Waals surface area contributed by atoms with Crippen LogP contribution in [0.5, 0.6) is 0 Å². The molecule has 8 heteroatoms. The first kappa shape index (κ1) is 18.8. The van der Waals surface area contributed by atoms with E-state index in [1.807, 2.05) is 52.4 Å². The molecule has 0 spiro atoms. The monoisotopic (exact) mass is 404 g/mol. The van der Waals surface area contributed by atoms with Crippen LogP contribution in [0, 0.1) is 0 Å². The molecule has 0 aliphatic carbocycles. The van der Waals surface area contributed by atoms with Gasteiger partial charge in [-0.1, -0.05) is 12.1 Å². The van der Waals surface area contributed by atoms with Gasteiger partial charge in [-0.25, -0.2) is 4.98 Å². The van der Waals surface area contributed by atoms with E-state index in [1.54, 1.807) is 29.8 Å². The van der Waals surface area contributed by atoms with Gasteiger partial charge in [-0.05, 0) is 61.7 Å². The van der Waals surface area contributed by atoms with E-state index in [9.17, 15) is 4.79 Å². The van der Waals surface area contributed by atoms with Crippen LogP contribution in [-0.2, 0) is 0 Å². The molecule has 0 aliphatic heterocycles. The van der Waals surface area contributed by atoms with Crippen LogP contribution in [0.2, 0.25) is 0 Å². The highest BCUT2D eigenvalue weighted by Gasteiger charge is 2.13. The van der Waals surface area contributed by atoms with E-state index in [1.165, 1.54) is 0 Å². The topological polar surface area (TPSA) is 84.7 Å². The summed E-state index contributed by atoms with van der Waals surface area (Å²) < 4.78 is 1.94. The summed E-state index contributed by atoms with van der Waals surface area (Å²) in [5.41, 5.74) is 2.05. The number of thiophene rings is 1. The molecule has 0 fully saturated rings. The highest BCUT2D eigenvalue weighted by atomic mass is 32.1. The van der Waals surface area contributed by atoms with Gasteiger partial charge in [0.05, 0.1) is 5.00 Å². The molecule has 0 unspecified atom stereocenters. The molecular weight excluding hydrogens is 384 g/mol. The molecule has 4 aromatic rings. The minimum absolute atomic E-state index is 0.207. The maximum atomic E-state index is 12.7. The number of carbonyl (C=O) groups is 1. The van der Waals surface area contributed by atoms with Gasteiger partial charge in [0.2, 0.25) is 0 Å². The predicted molar refractivity (Wildman–Crippen MR) is 116 cm³/mol. The first-order chi connectivity index (χ1) is 14.1. The minimum atomic E-state index is -0.227. The Morgan fingerprint density at radius 1 is 1.10 bits per heavy atom. The van der Waals surface area contributed by atoms with Crippen molar-refractivity contribution in [1.82, 2.24) is 19.7 Å². The number of hydrogen-bond acceptors (Lipinski definition) is 6. The SMILES string of the molecule is CC(C)n1cnnc1-c1cccc(NC(=O)c2cccc(Nc3cccs3)c2)n1. The third-order valence-corrected chi connectivity index (χ3v) is 5.05. The fourth-order valence-electron chi connectivity index (χ4n) is 2.85. The second kappa shape index (κ2) is 8.24. The van der Waals surface area contributed by atoms with Crippen molar-refractivity contribution in [2.75, 3.05) is 10.6 Å². The maximum Gasteiger partial charge on any atom is 0.256 e. The van der Waals surface area contributed by atoms with Crippen LogP contribution in [0.3, 0.4) is 0 Å². The summed E-state index contributed by atoms with van der Waals surface area (Å²) in [6.07, 6.45) is 1.68. The van der Waals surface area contributed by atoms with Crippen LogP contribution in [0.15, 0.2) is 66.3 Å². The van der Waals surface area contributed by atoms with E-state index < -0.39 is 0 Å². The summed E-state index contributed by atoms with van der Waals surface area (Å²) in [5, 5.41) is 17.3. The molecule has 0 saturated carbocycles. The van der Waals surface area contributed by atoms with Gasteiger partial charge in [0, 0.05) is 17.3 Å². The van der Waals surface area contributed by atoms with Crippen molar-refractivity contribution in [3.8, 4) is 11.5 Å². The van der Waals surface area contributed by atoms with E-state index in [0.717, 1.165) is 10.7 Å². The molecule has 0 radical (unpaired) electrons. The smallest absolute Gasteiger partial charge is 0.256 e. The summed E-state index contributed by atoms with van der Waals surface area (Å²) in [7, 11) is 0. The Kier molecular flexibility index (Phi) is 5.35. The van der Waals surface area contributed by atoms with Gasteiger partial charge < -0.3 is 15.2 Å². The van der Waals surface area contributed by atoms with Crippen molar-refractivity contribution in [3.05, 3.63) is 71.9 Å². The van der Waals surface area contributed by atoms with Gasteiger partial charge in [-0.3, -0.25) is 4.79 Å². The largest absolute Gasteiger partial charge is 0.347 e. The first-order valence-corrected chi connectivity index (χ1v) is 10.1. The third-order valence-electron chi connectivity index (χ3n) is 4.26. The zero-order chi connectivity index (χ0) is 20.2. The van der Waals surface area contributed by atoms with Crippen molar-refractivity contribution in [2.45, 2.75) is 19.9 Å². The summed E-state index contributed by atoms with van der Waals surface area (Å²) >= 11 is 1.60. The molecule has 7 nitrogen and oxygen atoms in total. The summed E-state index contributed by atoms with van der Waals surface area (Å²) in [6, 6.07) is 17.0. The molecule has 3 aromatic heterocycles. The van der Waals surface area contributed by atoms with E-state index in [0.29, 0.717) is 22.9 Å². The molecular formula is C21H20N6OS. The average molecular weight is 404 g/mol. The van der Waals surface area contributed by atoms with E-state index in [4.69, 9.17) is 0 Å². The summed E-state index contributed by atoms with van der Waals surface area (Å²) in [4.78, 5) is 17.3. The highest BCUT2D eigenvalue weighted by molar-refractivity contribution is 7.14. The summed E-state index contributed by atoms with van der Waals surface area (Å²) in [6.45, 7) is 4.10. The maximum absolute atomic E-state index is 12.7. The fourth-order valence-corrected chi connectivity index (χ4v) is 3.49. The first-order valence-electron chi connectivity index (χ1n) is 9.19. The van der Waals surface area contributed by atoms with Crippen LogP contribution in [-0.4, -0.2) is 25.7 Å². The lowest BCUT2D eigenvalue weighted by Gasteiger charge is -2.11. The van der Waals surface area contributed by atoms with Gasteiger partial charge in [0.25, 0.3) is 5.91 Å². The van der Waals surface area contributed by atoms with E-state index in [-0.39, 0.29) is 11.9 Å².